The first-order valence-electron chi connectivity index (χ1n) is 6.26. The maximum absolute atomic E-state index is 5.68. The number of nitrogens with zero attached hydrogens (tertiary/aromatic N) is 1. The number of halogens is 1. The van der Waals surface area contributed by atoms with Crippen LogP contribution < -0.4 is 10.1 Å². The van der Waals surface area contributed by atoms with Gasteiger partial charge in [0.15, 0.2) is 0 Å². The highest BCUT2D eigenvalue weighted by atomic mass is 79.9. The quantitative estimate of drug-likeness (QED) is 0.894. The fraction of sp³-hybridized carbons (Fsp3) is 0.267. The molecule has 2 rings (SSSR count). The van der Waals surface area contributed by atoms with Gasteiger partial charge in [0.1, 0.15) is 0 Å². The minimum atomic E-state index is 0.110. The molecule has 0 bridgehead atoms. The molecule has 1 N–H and O–H groups in total. The number of anilines is 1. The van der Waals surface area contributed by atoms with E-state index in [4.69, 9.17) is 4.74 Å². The van der Waals surface area contributed by atoms with Crippen molar-refractivity contribution in [1.82, 2.24) is 4.98 Å². The second-order valence-electron chi connectivity index (χ2n) is 4.47. The Balaban J connectivity index is 2.09. The van der Waals surface area contributed by atoms with E-state index < -0.39 is 0 Å². The lowest BCUT2D eigenvalue weighted by Crippen LogP contribution is -2.10. The molecule has 0 spiro atoms. The van der Waals surface area contributed by atoms with Crippen LogP contribution in [-0.2, 0) is 6.54 Å². The molecule has 0 saturated carbocycles. The molecular weight excluding hydrogens is 304 g/mol. The molecule has 1 aromatic carbocycles. The van der Waals surface area contributed by atoms with Gasteiger partial charge in [0.25, 0.3) is 0 Å². The van der Waals surface area contributed by atoms with Crippen LogP contribution in [0.3, 0.4) is 0 Å². The van der Waals surface area contributed by atoms with Gasteiger partial charge in [-0.15, -0.1) is 0 Å². The summed E-state index contributed by atoms with van der Waals surface area (Å²) in [6, 6.07) is 12.0. The molecular formula is C15H17BrN2O. The highest BCUT2D eigenvalue weighted by Crippen LogP contribution is 2.24. The van der Waals surface area contributed by atoms with Crippen LogP contribution in [0.15, 0.2) is 47.1 Å². The Morgan fingerprint density at radius 3 is 2.74 bits per heavy atom. The third-order valence-electron chi connectivity index (χ3n) is 2.55. The Morgan fingerprint density at radius 2 is 2.00 bits per heavy atom. The first-order chi connectivity index (χ1) is 9.16. The molecule has 0 fully saturated rings. The van der Waals surface area contributed by atoms with Crippen molar-refractivity contribution in [2.45, 2.75) is 26.5 Å². The lowest BCUT2D eigenvalue weighted by atomic mass is 10.2. The number of aromatic nitrogens is 1. The fourth-order valence-electron chi connectivity index (χ4n) is 1.67. The first-order valence-corrected chi connectivity index (χ1v) is 7.05. The van der Waals surface area contributed by atoms with Gasteiger partial charge in [-0.25, -0.2) is 4.98 Å². The van der Waals surface area contributed by atoms with Gasteiger partial charge in [-0.3, -0.25) is 0 Å². The van der Waals surface area contributed by atoms with Gasteiger partial charge in [0.2, 0.25) is 5.88 Å². The Labute approximate surface area is 122 Å². The predicted molar refractivity (Wildman–Crippen MR) is 81.5 cm³/mol. The summed E-state index contributed by atoms with van der Waals surface area (Å²) in [5, 5.41) is 3.36. The number of hydrogen-bond acceptors (Lipinski definition) is 3. The minimum absolute atomic E-state index is 0.110. The largest absolute Gasteiger partial charge is 0.473 e. The van der Waals surface area contributed by atoms with Crippen molar-refractivity contribution in [3.63, 3.8) is 0 Å². The second kappa shape index (κ2) is 6.57. The number of rotatable bonds is 5. The van der Waals surface area contributed by atoms with Crippen molar-refractivity contribution in [1.29, 1.82) is 0 Å². The number of benzene rings is 1. The van der Waals surface area contributed by atoms with Crippen LogP contribution in [0.1, 0.15) is 19.4 Å². The second-order valence-corrected chi connectivity index (χ2v) is 5.32. The Hall–Kier alpha value is -1.55. The number of hydrogen-bond donors (Lipinski definition) is 1. The fourth-order valence-corrected chi connectivity index (χ4v) is 2.10. The van der Waals surface area contributed by atoms with Crippen LogP contribution in [-0.4, -0.2) is 11.1 Å². The van der Waals surface area contributed by atoms with Gasteiger partial charge in [-0.2, -0.15) is 0 Å². The molecule has 2 aromatic rings. The summed E-state index contributed by atoms with van der Waals surface area (Å²) >= 11 is 3.54. The zero-order chi connectivity index (χ0) is 13.7. The monoisotopic (exact) mass is 320 g/mol. The zero-order valence-electron chi connectivity index (χ0n) is 11.1. The van der Waals surface area contributed by atoms with E-state index in [0.717, 1.165) is 16.7 Å². The van der Waals surface area contributed by atoms with Gasteiger partial charge < -0.3 is 10.1 Å². The summed E-state index contributed by atoms with van der Waals surface area (Å²) in [5.74, 6) is 0.643. The molecule has 1 heterocycles. The number of ether oxygens (including phenoxy) is 1. The van der Waals surface area contributed by atoms with Gasteiger partial charge in [-0.1, -0.05) is 34.1 Å². The van der Waals surface area contributed by atoms with Crippen LogP contribution in [0.2, 0.25) is 0 Å². The van der Waals surface area contributed by atoms with Crippen molar-refractivity contribution >= 4 is 21.6 Å². The SMILES string of the molecule is CC(C)Oc1ncccc1NCc1ccccc1Br. The van der Waals surface area contributed by atoms with Gasteiger partial charge >= 0.3 is 0 Å². The van der Waals surface area contributed by atoms with Crippen LogP contribution >= 0.6 is 15.9 Å². The number of pyridine rings is 1. The molecule has 0 radical (unpaired) electrons. The van der Waals surface area contributed by atoms with E-state index in [-0.39, 0.29) is 6.10 Å². The molecule has 100 valence electrons. The average Bonchev–Trinajstić information content (AvgIpc) is 2.39. The minimum Gasteiger partial charge on any atom is -0.473 e. The van der Waals surface area contributed by atoms with E-state index in [1.54, 1.807) is 6.20 Å². The molecule has 0 aliphatic heterocycles. The normalized spacial score (nSPS) is 10.5. The smallest absolute Gasteiger partial charge is 0.237 e. The molecule has 4 heteroatoms. The summed E-state index contributed by atoms with van der Waals surface area (Å²) in [5.41, 5.74) is 2.11. The Bertz CT molecular complexity index is 543. The van der Waals surface area contributed by atoms with Crippen molar-refractivity contribution in [3.8, 4) is 5.88 Å². The molecule has 0 aliphatic rings. The summed E-state index contributed by atoms with van der Waals surface area (Å²) in [6.07, 6.45) is 1.85. The molecule has 3 nitrogen and oxygen atoms in total. The Morgan fingerprint density at radius 1 is 1.21 bits per heavy atom. The molecule has 0 atom stereocenters. The van der Waals surface area contributed by atoms with Gasteiger partial charge in [0.05, 0.1) is 11.8 Å². The van der Waals surface area contributed by atoms with Crippen LogP contribution in [0.4, 0.5) is 5.69 Å². The topological polar surface area (TPSA) is 34.1 Å². The highest BCUT2D eigenvalue weighted by molar-refractivity contribution is 9.10. The maximum Gasteiger partial charge on any atom is 0.237 e. The van der Waals surface area contributed by atoms with Crippen LogP contribution in [0.25, 0.3) is 0 Å². The number of nitrogens with one attached hydrogen (secondary N) is 1. The van der Waals surface area contributed by atoms with Crippen LogP contribution in [0, 0.1) is 0 Å². The standard InChI is InChI=1S/C15H17BrN2O/c1-11(2)19-15-14(8-5-9-17-15)18-10-12-6-3-4-7-13(12)16/h3-9,11,18H,10H2,1-2H3. The molecule has 0 aliphatic carbocycles. The van der Waals surface area contributed by atoms with Crippen molar-refractivity contribution < 1.29 is 4.74 Å². The van der Waals surface area contributed by atoms with E-state index in [0.29, 0.717) is 5.88 Å². The summed E-state index contributed by atoms with van der Waals surface area (Å²) in [6.45, 7) is 4.71. The lowest BCUT2D eigenvalue weighted by molar-refractivity contribution is 0.234. The highest BCUT2D eigenvalue weighted by Gasteiger charge is 2.07. The van der Waals surface area contributed by atoms with E-state index in [1.807, 2.05) is 44.2 Å². The van der Waals surface area contributed by atoms with Gasteiger partial charge in [-0.05, 0) is 37.6 Å². The summed E-state index contributed by atoms with van der Waals surface area (Å²) in [7, 11) is 0. The first kappa shape index (κ1) is 13.9. The van der Waals surface area contributed by atoms with Crippen molar-refractivity contribution in [3.05, 3.63) is 52.6 Å². The molecule has 19 heavy (non-hydrogen) atoms. The van der Waals surface area contributed by atoms with E-state index >= 15 is 0 Å². The summed E-state index contributed by atoms with van der Waals surface area (Å²) in [4.78, 5) is 4.26. The lowest BCUT2D eigenvalue weighted by Gasteiger charge is -2.14. The van der Waals surface area contributed by atoms with Crippen molar-refractivity contribution in [2.75, 3.05) is 5.32 Å². The third kappa shape index (κ3) is 3.96. The van der Waals surface area contributed by atoms with Crippen molar-refractivity contribution in [2.24, 2.45) is 0 Å². The average molecular weight is 321 g/mol. The predicted octanol–water partition coefficient (Wildman–Crippen LogP) is 4.24. The summed E-state index contributed by atoms with van der Waals surface area (Å²) < 4.78 is 6.77. The van der Waals surface area contributed by atoms with E-state index in [1.165, 1.54) is 5.56 Å². The van der Waals surface area contributed by atoms with E-state index in [9.17, 15) is 0 Å². The molecule has 0 amide bonds. The third-order valence-corrected chi connectivity index (χ3v) is 3.32. The maximum atomic E-state index is 5.68. The van der Waals surface area contributed by atoms with E-state index in [2.05, 4.69) is 32.3 Å². The molecule has 1 aromatic heterocycles. The van der Waals surface area contributed by atoms with Gasteiger partial charge in [0, 0.05) is 17.2 Å². The van der Waals surface area contributed by atoms with Crippen LogP contribution in [0.5, 0.6) is 5.88 Å². The Kier molecular flexibility index (Phi) is 4.80. The zero-order valence-corrected chi connectivity index (χ0v) is 12.6. The molecule has 0 saturated heterocycles. The molecule has 0 unspecified atom stereocenters.